The van der Waals surface area contributed by atoms with Crippen LogP contribution >= 0.6 is 11.3 Å². The van der Waals surface area contributed by atoms with E-state index >= 15 is 0 Å². The number of anilines is 1. The van der Waals surface area contributed by atoms with E-state index in [-0.39, 0.29) is 6.04 Å². The molecule has 0 N–H and O–H groups in total. The summed E-state index contributed by atoms with van der Waals surface area (Å²) in [5.74, 6) is 1.02. The van der Waals surface area contributed by atoms with Gasteiger partial charge in [-0.1, -0.05) is 18.3 Å². The number of halogens is 3. The van der Waals surface area contributed by atoms with Crippen molar-refractivity contribution in [1.29, 1.82) is 0 Å². The van der Waals surface area contributed by atoms with E-state index in [9.17, 15) is 13.2 Å². The maximum atomic E-state index is 12.7. The Kier molecular flexibility index (Phi) is 4.12. The molecule has 22 heavy (non-hydrogen) atoms. The normalized spacial score (nSPS) is 19.6. The van der Waals surface area contributed by atoms with E-state index in [2.05, 4.69) is 21.5 Å². The highest BCUT2D eigenvalue weighted by atomic mass is 32.1. The Labute approximate surface area is 130 Å². The van der Waals surface area contributed by atoms with E-state index in [1.165, 1.54) is 0 Å². The van der Waals surface area contributed by atoms with Crippen LogP contribution in [0.2, 0.25) is 0 Å². The molecule has 0 radical (unpaired) electrons. The van der Waals surface area contributed by atoms with Gasteiger partial charge in [0, 0.05) is 31.9 Å². The summed E-state index contributed by atoms with van der Waals surface area (Å²) in [6, 6.07) is 0.240. The van der Waals surface area contributed by atoms with Gasteiger partial charge in [-0.05, 0) is 12.8 Å². The van der Waals surface area contributed by atoms with Crippen molar-refractivity contribution in [3.63, 3.8) is 0 Å². The number of hydrogen-bond acceptors (Lipinski definition) is 4. The summed E-state index contributed by atoms with van der Waals surface area (Å²) in [5.41, 5.74) is 0. The van der Waals surface area contributed by atoms with Gasteiger partial charge in [-0.3, -0.25) is 0 Å². The Bertz CT molecular complexity index is 634. The molecule has 1 fully saturated rings. The molecule has 1 saturated heterocycles. The Balaban J connectivity index is 1.77. The van der Waals surface area contributed by atoms with E-state index in [0.29, 0.717) is 11.7 Å². The first-order chi connectivity index (χ1) is 10.5. The van der Waals surface area contributed by atoms with Crippen LogP contribution in [-0.4, -0.2) is 27.6 Å². The Morgan fingerprint density at radius 2 is 2.18 bits per heavy atom. The SMILES string of the molecule is CCc1nccn1C1CCCN(c2ncc(C(F)(F)F)s2)C1. The molecule has 120 valence electrons. The van der Waals surface area contributed by atoms with Crippen LogP contribution in [-0.2, 0) is 12.6 Å². The third-order valence-corrected chi connectivity index (χ3v) is 5.00. The Morgan fingerprint density at radius 1 is 1.36 bits per heavy atom. The molecule has 0 bridgehead atoms. The predicted molar refractivity (Wildman–Crippen MR) is 79.2 cm³/mol. The largest absolute Gasteiger partial charge is 0.427 e. The molecule has 0 amide bonds. The van der Waals surface area contributed by atoms with Crippen LogP contribution in [0.3, 0.4) is 0 Å². The second-order valence-electron chi connectivity index (χ2n) is 5.35. The number of rotatable bonds is 3. The summed E-state index contributed by atoms with van der Waals surface area (Å²) in [5, 5.41) is 0.454. The van der Waals surface area contributed by atoms with Crippen LogP contribution < -0.4 is 4.90 Å². The average molecular weight is 330 g/mol. The van der Waals surface area contributed by atoms with Crippen molar-refractivity contribution in [2.45, 2.75) is 38.4 Å². The lowest BCUT2D eigenvalue weighted by Crippen LogP contribution is -2.36. The molecule has 1 unspecified atom stereocenters. The number of alkyl halides is 3. The van der Waals surface area contributed by atoms with Gasteiger partial charge in [0.2, 0.25) is 0 Å². The molecular formula is C14H17F3N4S. The van der Waals surface area contributed by atoms with E-state index in [1.807, 2.05) is 11.1 Å². The number of thiazole rings is 1. The van der Waals surface area contributed by atoms with Gasteiger partial charge < -0.3 is 9.47 Å². The lowest BCUT2D eigenvalue weighted by molar-refractivity contribution is -0.134. The molecule has 1 aliphatic heterocycles. The van der Waals surface area contributed by atoms with E-state index in [1.54, 1.807) is 6.20 Å². The number of imidazole rings is 1. The third kappa shape index (κ3) is 2.97. The summed E-state index contributed by atoms with van der Waals surface area (Å²) >= 11 is 0.721. The summed E-state index contributed by atoms with van der Waals surface area (Å²) in [4.78, 5) is 9.61. The zero-order valence-electron chi connectivity index (χ0n) is 12.2. The van der Waals surface area contributed by atoms with Gasteiger partial charge in [0.05, 0.1) is 12.2 Å². The standard InChI is InChI=1S/C14H17F3N4S/c1-2-12-18-5-7-21(12)10-4-3-6-20(9-10)13-19-8-11(22-13)14(15,16)17/h5,7-8,10H,2-4,6,9H2,1H3. The second-order valence-corrected chi connectivity index (χ2v) is 6.36. The van der Waals surface area contributed by atoms with Gasteiger partial charge in [-0.2, -0.15) is 13.2 Å². The van der Waals surface area contributed by atoms with Crippen LogP contribution in [0.25, 0.3) is 0 Å². The lowest BCUT2D eigenvalue weighted by Gasteiger charge is -2.33. The molecule has 3 heterocycles. The van der Waals surface area contributed by atoms with Crippen LogP contribution in [0.15, 0.2) is 18.6 Å². The molecule has 2 aromatic rings. The zero-order valence-corrected chi connectivity index (χ0v) is 13.0. The second kappa shape index (κ2) is 5.91. The fraction of sp³-hybridized carbons (Fsp3) is 0.571. The molecule has 1 aliphatic rings. The molecule has 4 nitrogen and oxygen atoms in total. The third-order valence-electron chi connectivity index (χ3n) is 3.90. The average Bonchev–Trinajstić information content (AvgIpc) is 3.16. The van der Waals surface area contributed by atoms with Crippen molar-refractivity contribution in [2.24, 2.45) is 0 Å². The zero-order chi connectivity index (χ0) is 15.7. The molecule has 1 atom stereocenters. The van der Waals surface area contributed by atoms with Crippen molar-refractivity contribution < 1.29 is 13.2 Å². The van der Waals surface area contributed by atoms with Gasteiger partial charge >= 0.3 is 6.18 Å². The Hall–Kier alpha value is -1.57. The fourth-order valence-electron chi connectivity index (χ4n) is 2.85. The van der Waals surface area contributed by atoms with E-state index < -0.39 is 11.1 Å². The van der Waals surface area contributed by atoms with Gasteiger partial charge in [0.1, 0.15) is 10.7 Å². The van der Waals surface area contributed by atoms with Gasteiger partial charge in [0.15, 0.2) is 5.13 Å². The van der Waals surface area contributed by atoms with Crippen molar-refractivity contribution >= 4 is 16.5 Å². The molecule has 0 spiro atoms. The van der Waals surface area contributed by atoms with Gasteiger partial charge in [0.25, 0.3) is 0 Å². The number of aromatic nitrogens is 3. The van der Waals surface area contributed by atoms with Crippen molar-refractivity contribution in [3.05, 3.63) is 29.3 Å². The number of aryl methyl sites for hydroxylation is 1. The highest BCUT2D eigenvalue weighted by Crippen LogP contribution is 2.37. The predicted octanol–water partition coefficient (Wildman–Crippen LogP) is 3.76. The minimum atomic E-state index is -4.31. The highest BCUT2D eigenvalue weighted by molar-refractivity contribution is 7.15. The highest BCUT2D eigenvalue weighted by Gasteiger charge is 2.34. The first-order valence-electron chi connectivity index (χ1n) is 7.28. The van der Waals surface area contributed by atoms with Crippen LogP contribution in [0.5, 0.6) is 0 Å². The number of piperidine rings is 1. The van der Waals surface area contributed by atoms with Crippen LogP contribution in [0.1, 0.15) is 36.5 Å². The van der Waals surface area contributed by atoms with Gasteiger partial charge in [-0.15, -0.1) is 0 Å². The first-order valence-corrected chi connectivity index (χ1v) is 8.10. The Morgan fingerprint density at radius 3 is 2.86 bits per heavy atom. The van der Waals surface area contributed by atoms with Gasteiger partial charge in [-0.25, -0.2) is 9.97 Å². The smallest absolute Gasteiger partial charge is 0.346 e. The van der Waals surface area contributed by atoms with E-state index in [0.717, 1.165) is 49.2 Å². The maximum Gasteiger partial charge on any atom is 0.427 e. The molecule has 2 aromatic heterocycles. The molecule has 0 saturated carbocycles. The summed E-state index contributed by atoms with van der Waals surface area (Å²) in [6.07, 6.45) is 3.14. The minimum Gasteiger partial charge on any atom is -0.346 e. The number of nitrogens with zero attached hydrogens (tertiary/aromatic N) is 4. The summed E-state index contributed by atoms with van der Waals surface area (Å²) in [6.45, 7) is 3.47. The minimum absolute atomic E-state index is 0.240. The fourth-order valence-corrected chi connectivity index (χ4v) is 3.67. The lowest BCUT2D eigenvalue weighted by atomic mass is 10.1. The monoisotopic (exact) mass is 330 g/mol. The summed E-state index contributed by atoms with van der Waals surface area (Å²) in [7, 11) is 0. The van der Waals surface area contributed by atoms with Crippen molar-refractivity contribution in [3.8, 4) is 0 Å². The molecular weight excluding hydrogens is 313 g/mol. The maximum absolute atomic E-state index is 12.7. The van der Waals surface area contributed by atoms with Crippen LogP contribution in [0, 0.1) is 0 Å². The summed E-state index contributed by atoms with van der Waals surface area (Å²) < 4.78 is 40.3. The first kappa shape index (κ1) is 15.3. The van der Waals surface area contributed by atoms with Crippen LogP contribution in [0.4, 0.5) is 18.3 Å². The van der Waals surface area contributed by atoms with Crippen molar-refractivity contribution in [2.75, 3.05) is 18.0 Å². The molecule has 3 rings (SSSR count). The molecule has 0 aliphatic carbocycles. The quantitative estimate of drug-likeness (QED) is 0.859. The topological polar surface area (TPSA) is 34.0 Å². The van der Waals surface area contributed by atoms with E-state index in [4.69, 9.17) is 0 Å². The molecule has 0 aromatic carbocycles. The number of hydrogen-bond donors (Lipinski definition) is 0. The molecule has 8 heteroatoms. The van der Waals surface area contributed by atoms with Crippen molar-refractivity contribution in [1.82, 2.24) is 14.5 Å².